The van der Waals surface area contributed by atoms with Crippen molar-refractivity contribution in [1.29, 1.82) is 0 Å². The summed E-state index contributed by atoms with van der Waals surface area (Å²) in [6.45, 7) is 2.05. The molecule has 0 heterocycles. The minimum atomic E-state index is -0.283. The number of rotatable bonds is 8. The fourth-order valence-corrected chi connectivity index (χ4v) is 4.99. The van der Waals surface area contributed by atoms with Gasteiger partial charge < -0.3 is 0 Å². The van der Waals surface area contributed by atoms with E-state index in [0.29, 0.717) is 6.42 Å². The number of hydrogen-bond acceptors (Lipinski definition) is 0. The molecule has 0 aromatic heterocycles. The van der Waals surface area contributed by atoms with Gasteiger partial charge in [0.2, 0.25) is 0 Å². The molecule has 0 radical (unpaired) electrons. The van der Waals surface area contributed by atoms with E-state index in [1.807, 2.05) is 0 Å². The number of aryl methyl sites for hydroxylation is 3. The first kappa shape index (κ1) is 21.8. The molecule has 1 aliphatic carbocycles. The van der Waals surface area contributed by atoms with Crippen LogP contribution in [0.15, 0.2) is 72.8 Å². The molecule has 1 aliphatic rings. The van der Waals surface area contributed by atoms with Crippen LogP contribution in [-0.2, 0) is 19.3 Å². The lowest BCUT2D eigenvalue weighted by Gasteiger charge is -2.28. The molecule has 0 unspecified atom stereocenters. The Morgan fingerprint density at radius 2 is 1.06 bits per heavy atom. The molecule has 1 saturated carbocycles. The summed E-state index contributed by atoms with van der Waals surface area (Å²) in [6.07, 6.45) is 9.40. The standard InChI is InChI=1S/C30H35F/c1-2-23-9-13-27(14-10-23)29-17-19-30(20-18-29)28-15-11-25(12-16-28)4-3-24-5-7-26(8-6-24)21-22-31/h5-8,11-12,15-20,23,27H,2-4,9-10,13-14,21-22H2,1H3/t23-,27-. The highest BCUT2D eigenvalue weighted by atomic mass is 19.1. The molecular weight excluding hydrogens is 379 g/mol. The number of hydrogen-bond donors (Lipinski definition) is 0. The maximum absolute atomic E-state index is 12.4. The average molecular weight is 415 g/mol. The van der Waals surface area contributed by atoms with Crippen molar-refractivity contribution < 1.29 is 4.39 Å². The average Bonchev–Trinajstić information content (AvgIpc) is 2.84. The van der Waals surface area contributed by atoms with Crippen LogP contribution >= 0.6 is 0 Å². The molecule has 0 saturated heterocycles. The molecule has 162 valence electrons. The number of benzene rings is 3. The molecule has 0 nitrogen and oxygen atoms in total. The van der Waals surface area contributed by atoms with Gasteiger partial charge in [0.1, 0.15) is 0 Å². The van der Waals surface area contributed by atoms with Crippen LogP contribution < -0.4 is 0 Å². The smallest absolute Gasteiger partial charge is 0.0934 e. The summed E-state index contributed by atoms with van der Waals surface area (Å²) in [5.74, 6) is 1.71. The Hall–Kier alpha value is -2.41. The second kappa shape index (κ2) is 10.8. The molecule has 0 bridgehead atoms. The summed E-state index contributed by atoms with van der Waals surface area (Å²) in [7, 11) is 0. The first-order valence-corrected chi connectivity index (χ1v) is 12.1. The van der Waals surface area contributed by atoms with E-state index in [1.165, 1.54) is 59.9 Å². The summed E-state index contributed by atoms with van der Waals surface area (Å²) in [5.41, 5.74) is 7.88. The Morgan fingerprint density at radius 1 is 0.613 bits per heavy atom. The van der Waals surface area contributed by atoms with Gasteiger partial charge in [-0.25, -0.2) is 0 Å². The van der Waals surface area contributed by atoms with Crippen molar-refractivity contribution in [3.63, 3.8) is 0 Å². The van der Waals surface area contributed by atoms with Crippen molar-refractivity contribution in [2.75, 3.05) is 6.67 Å². The van der Waals surface area contributed by atoms with Crippen LogP contribution in [0, 0.1) is 5.92 Å². The molecule has 1 heteroatoms. The molecule has 3 aromatic rings. The van der Waals surface area contributed by atoms with E-state index in [-0.39, 0.29) is 6.67 Å². The lowest BCUT2D eigenvalue weighted by molar-refractivity contribution is 0.319. The Balaban J connectivity index is 1.32. The Bertz CT molecular complexity index is 914. The molecule has 0 atom stereocenters. The third-order valence-electron chi connectivity index (χ3n) is 7.20. The summed E-state index contributed by atoms with van der Waals surface area (Å²) in [5, 5.41) is 0. The van der Waals surface area contributed by atoms with Crippen molar-refractivity contribution in [3.05, 3.63) is 95.1 Å². The van der Waals surface area contributed by atoms with Crippen LogP contribution in [0.2, 0.25) is 0 Å². The van der Waals surface area contributed by atoms with Gasteiger partial charge in [-0.1, -0.05) is 86.1 Å². The van der Waals surface area contributed by atoms with Crippen LogP contribution in [0.1, 0.15) is 67.2 Å². The van der Waals surface area contributed by atoms with Crippen LogP contribution in [-0.4, -0.2) is 6.67 Å². The van der Waals surface area contributed by atoms with Crippen LogP contribution in [0.25, 0.3) is 11.1 Å². The van der Waals surface area contributed by atoms with Gasteiger partial charge in [0.15, 0.2) is 0 Å². The van der Waals surface area contributed by atoms with Crippen LogP contribution in [0.4, 0.5) is 4.39 Å². The van der Waals surface area contributed by atoms with Gasteiger partial charge in [0, 0.05) is 6.42 Å². The lowest BCUT2D eigenvalue weighted by Crippen LogP contribution is -2.12. The number of alkyl halides is 1. The highest BCUT2D eigenvalue weighted by Gasteiger charge is 2.21. The molecule has 0 aliphatic heterocycles. The first-order chi connectivity index (χ1) is 15.2. The minimum absolute atomic E-state index is 0.283. The topological polar surface area (TPSA) is 0 Å². The SMILES string of the molecule is CC[C@H]1CC[C@H](c2ccc(-c3ccc(CCc4ccc(CCF)cc4)cc3)cc2)CC1. The highest BCUT2D eigenvalue weighted by Crippen LogP contribution is 2.37. The van der Waals surface area contributed by atoms with E-state index in [1.54, 1.807) is 0 Å². The summed E-state index contributed by atoms with van der Waals surface area (Å²) < 4.78 is 12.4. The van der Waals surface area contributed by atoms with Crippen molar-refractivity contribution in [2.24, 2.45) is 5.92 Å². The molecule has 4 rings (SSSR count). The van der Waals surface area contributed by atoms with E-state index in [0.717, 1.165) is 30.2 Å². The molecular formula is C30H35F. The molecule has 0 amide bonds. The summed E-state index contributed by atoms with van der Waals surface area (Å²) >= 11 is 0. The molecule has 1 fully saturated rings. The predicted octanol–water partition coefficient (Wildman–Crippen LogP) is 8.33. The number of halogens is 1. The third kappa shape index (κ3) is 5.85. The first-order valence-electron chi connectivity index (χ1n) is 12.1. The Morgan fingerprint density at radius 3 is 1.55 bits per heavy atom. The van der Waals surface area contributed by atoms with E-state index >= 15 is 0 Å². The van der Waals surface area contributed by atoms with Gasteiger partial charge in [-0.15, -0.1) is 0 Å². The molecule has 0 spiro atoms. The normalized spacial score (nSPS) is 18.8. The highest BCUT2D eigenvalue weighted by molar-refractivity contribution is 5.64. The van der Waals surface area contributed by atoms with Crippen LogP contribution in [0.5, 0.6) is 0 Å². The Labute approximate surface area is 187 Å². The maximum atomic E-state index is 12.4. The second-order valence-electron chi connectivity index (χ2n) is 9.20. The van der Waals surface area contributed by atoms with Gasteiger partial charge in [-0.05, 0) is 83.7 Å². The van der Waals surface area contributed by atoms with Gasteiger partial charge in [-0.3, -0.25) is 4.39 Å². The zero-order valence-corrected chi connectivity index (χ0v) is 18.8. The minimum Gasteiger partial charge on any atom is -0.251 e. The van der Waals surface area contributed by atoms with Gasteiger partial charge in [-0.2, -0.15) is 0 Å². The van der Waals surface area contributed by atoms with Gasteiger partial charge in [0.05, 0.1) is 6.67 Å². The fourth-order valence-electron chi connectivity index (χ4n) is 4.99. The van der Waals surface area contributed by atoms with Crippen LogP contribution in [0.3, 0.4) is 0 Å². The third-order valence-corrected chi connectivity index (χ3v) is 7.20. The zero-order chi connectivity index (χ0) is 21.5. The molecule has 3 aromatic carbocycles. The largest absolute Gasteiger partial charge is 0.251 e. The summed E-state index contributed by atoms with van der Waals surface area (Å²) in [6, 6.07) is 26.7. The molecule has 31 heavy (non-hydrogen) atoms. The van der Waals surface area contributed by atoms with E-state index in [9.17, 15) is 4.39 Å². The fraction of sp³-hybridized carbons (Fsp3) is 0.400. The lowest BCUT2D eigenvalue weighted by atomic mass is 9.77. The quantitative estimate of drug-likeness (QED) is 0.347. The van der Waals surface area contributed by atoms with Crippen molar-refractivity contribution >= 4 is 0 Å². The van der Waals surface area contributed by atoms with Crippen molar-refractivity contribution in [3.8, 4) is 11.1 Å². The molecule has 0 N–H and O–H groups in total. The Kier molecular flexibility index (Phi) is 7.57. The van der Waals surface area contributed by atoms with Crippen molar-refractivity contribution in [1.82, 2.24) is 0 Å². The van der Waals surface area contributed by atoms with E-state index in [4.69, 9.17) is 0 Å². The van der Waals surface area contributed by atoms with E-state index in [2.05, 4.69) is 79.7 Å². The monoisotopic (exact) mass is 414 g/mol. The van der Waals surface area contributed by atoms with Gasteiger partial charge in [0.25, 0.3) is 0 Å². The predicted molar refractivity (Wildman–Crippen MR) is 130 cm³/mol. The van der Waals surface area contributed by atoms with Gasteiger partial charge >= 0.3 is 0 Å². The van der Waals surface area contributed by atoms with E-state index < -0.39 is 0 Å². The van der Waals surface area contributed by atoms with Crippen molar-refractivity contribution in [2.45, 2.75) is 64.2 Å². The zero-order valence-electron chi connectivity index (χ0n) is 18.8. The summed E-state index contributed by atoms with van der Waals surface area (Å²) in [4.78, 5) is 0. The maximum Gasteiger partial charge on any atom is 0.0934 e. The second-order valence-corrected chi connectivity index (χ2v) is 9.20.